The smallest absolute Gasteiger partial charge is 0.241 e. The molecule has 2 aromatic rings. The summed E-state index contributed by atoms with van der Waals surface area (Å²) in [7, 11) is -2.56. The molecule has 0 aliphatic rings. The minimum absolute atomic E-state index is 0.100. The monoisotopic (exact) mass is 405 g/mol. The Hall–Kier alpha value is -2.91. The fourth-order valence-electron chi connectivity index (χ4n) is 2.58. The van der Waals surface area contributed by atoms with E-state index in [9.17, 15) is 18.0 Å². The molecule has 0 fully saturated rings. The van der Waals surface area contributed by atoms with Gasteiger partial charge in [-0.3, -0.25) is 9.59 Å². The number of methoxy groups -OCH3 is 1. The highest BCUT2D eigenvalue weighted by Crippen LogP contribution is 2.27. The molecule has 0 unspecified atom stereocenters. The van der Waals surface area contributed by atoms with Crippen LogP contribution >= 0.6 is 0 Å². The maximum absolute atomic E-state index is 12.5. The molecule has 2 rings (SSSR count). The first kappa shape index (κ1) is 21.4. The molecule has 0 saturated heterocycles. The number of hydrogen-bond acceptors (Lipinski definition) is 5. The molecule has 9 heteroatoms. The van der Waals surface area contributed by atoms with Crippen molar-refractivity contribution in [2.75, 3.05) is 24.3 Å². The lowest BCUT2D eigenvalue weighted by atomic mass is 10.1. The van der Waals surface area contributed by atoms with Crippen LogP contribution in [0.4, 0.5) is 11.4 Å². The van der Waals surface area contributed by atoms with Gasteiger partial charge in [-0.25, -0.2) is 13.1 Å². The number of ether oxygens (including phenoxy) is 1. The quantitative estimate of drug-likeness (QED) is 0.653. The van der Waals surface area contributed by atoms with Gasteiger partial charge in [0.15, 0.2) is 0 Å². The van der Waals surface area contributed by atoms with Crippen LogP contribution in [0.25, 0.3) is 0 Å². The Bertz CT molecular complexity index is 982. The molecule has 0 aliphatic carbocycles. The van der Waals surface area contributed by atoms with Crippen molar-refractivity contribution < 1.29 is 22.7 Å². The molecular weight excluding hydrogens is 382 g/mol. The molecule has 28 heavy (non-hydrogen) atoms. The van der Waals surface area contributed by atoms with E-state index in [1.165, 1.54) is 32.2 Å². The summed E-state index contributed by atoms with van der Waals surface area (Å²) < 4.78 is 32.4. The number of carbonyl (C=O) groups excluding carboxylic acids is 2. The van der Waals surface area contributed by atoms with E-state index in [1.54, 1.807) is 0 Å². The van der Waals surface area contributed by atoms with Crippen molar-refractivity contribution in [3.05, 3.63) is 47.5 Å². The van der Waals surface area contributed by atoms with Gasteiger partial charge in [0.25, 0.3) is 0 Å². The topological polar surface area (TPSA) is 114 Å². The summed E-state index contributed by atoms with van der Waals surface area (Å²) in [4.78, 5) is 23.4. The van der Waals surface area contributed by atoms with Crippen LogP contribution < -0.4 is 20.1 Å². The normalized spacial score (nSPS) is 11.0. The van der Waals surface area contributed by atoms with Gasteiger partial charge in [0.2, 0.25) is 21.8 Å². The van der Waals surface area contributed by atoms with E-state index >= 15 is 0 Å². The molecule has 0 heterocycles. The predicted octanol–water partition coefficient (Wildman–Crippen LogP) is 2.19. The summed E-state index contributed by atoms with van der Waals surface area (Å²) in [5.41, 5.74) is 2.64. The van der Waals surface area contributed by atoms with Gasteiger partial charge in [0, 0.05) is 12.6 Å². The minimum Gasteiger partial charge on any atom is -0.495 e. The van der Waals surface area contributed by atoms with Crippen molar-refractivity contribution in [2.24, 2.45) is 0 Å². The lowest BCUT2D eigenvalue weighted by molar-refractivity contribution is -0.115. The molecule has 8 nitrogen and oxygen atoms in total. The van der Waals surface area contributed by atoms with E-state index in [4.69, 9.17) is 4.74 Å². The highest BCUT2D eigenvalue weighted by Gasteiger charge is 2.18. The number of anilines is 2. The van der Waals surface area contributed by atoms with Crippen LogP contribution in [0.3, 0.4) is 0 Å². The number of aryl methyl sites for hydroxylation is 2. The molecule has 0 aromatic heterocycles. The Morgan fingerprint density at radius 3 is 2.25 bits per heavy atom. The van der Waals surface area contributed by atoms with Gasteiger partial charge in [-0.1, -0.05) is 18.2 Å². The van der Waals surface area contributed by atoms with Crippen molar-refractivity contribution in [3.8, 4) is 5.75 Å². The fraction of sp³-hybridized carbons (Fsp3) is 0.263. The summed E-state index contributed by atoms with van der Waals surface area (Å²) in [6, 6.07) is 9.61. The zero-order valence-electron chi connectivity index (χ0n) is 16.1. The van der Waals surface area contributed by atoms with Gasteiger partial charge in [0.1, 0.15) is 5.75 Å². The number of sulfonamides is 1. The third-order valence-corrected chi connectivity index (χ3v) is 5.36. The Morgan fingerprint density at radius 2 is 1.68 bits per heavy atom. The SMILES string of the molecule is COc1ccc(S(=O)(=O)NCC(=O)Nc2c(C)cccc2C)cc1NC(C)=O. The third kappa shape index (κ3) is 5.30. The minimum atomic E-state index is -3.97. The second kappa shape index (κ2) is 8.85. The fourth-order valence-corrected chi connectivity index (χ4v) is 3.59. The molecule has 0 radical (unpaired) electrons. The standard InChI is InChI=1S/C19H23N3O5S/c1-12-6-5-7-13(2)19(12)22-18(24)11-20-28(25,26)15-8-9-17(27-4)16(10-15)21-14(3)23/h5-10,20H,11H2,1-4H3,(H,21,23)(H,22,24). The Labute approximate surface area is 164 Å². The van der Waals surface area contributed by atoms with E-state index in [0.29, 0.717) is 11.4 Å². The van der Waals surface area contributed by atoms with Gasteiger partial charge in [-0.15, -0.1) is 0 Å². The van der Waals surface area contributed by atoms with Crippen LogP contribution in [0.5, 0.6) is 5.75 Å². The number of carbonyl (C=O) groups is 2. The van der Waals surface area contributed by atoms with Gasteiger partial charge >= 0.3 is 0 Å². The molecule has 0 atom stereocenters. The van der Waals surface area contributed by atoms with Gasteiger partial charge in [-0.2, -0.15) is 0 Å². The first-order chi connectivity index (χ1) is 13.1. The Balaban J connectivity index is 2.13. The average Bonchev–Trinajstić information content (AvgIpc) is 2.63. The van der Waals surface area contributed by atoms with Crippen LogP contribution in [0, 0.1) is 13.8 Å². The molecule has 3 N–H and O–H groups in total. The zero-order chi connectivity index (χ0) is 20.9. The summed E-state index contributed by atoms with van der Waals surface area (Å²) in [6.07, 6.45) is 0. The number of benzene rings is 2. The summed E-state index contributed by atoms with van der Waals surface area (Å²) in [5.74, 6) is -0.535. The first-order valence-corrected chi connectivity index (χ1v) is 9.93. The van der Waals surface area contributed by atoms with Crippen LogP contribution in [0.15, 0.2) is 41.3 Å². The first-order valence-electron chi connectivity index (χ1n) is 8.45. The van der Waals surface area contributed by atoms with Crippen LogP contribution in [-0.2, 0) is 19.6 Å². The van der Waals surface area contributed by atoms with Crippen LogP contribution in [-0.4, -0.2) is 33.9 Å². The van der Waals surface area contributed by atoms with Crippen LogP contribution in [0.1, 0.15) is 18.1 Å². The number of para-hydroxylation sites is 1. The molecule has 0 bridgehead atoms. The molecule has 2 aromatic carbocycles. The van der Waals surface area contributed by atoms with E-state index in [-0.39, 0.29) is 16.5 Å². The third-order valence-electron chi connectivity index (χ3n) is 3.96. The Morgan fingerprint density at radius 1 is 1.04 bits per heavy atom. The van der Waals surface area contributed by atoms with Crippen molar-refractivity contribution in [1.29, 1.82) is 0 Å². The van der Waals surface area contributed by atoms with Crippen LogP contribution in [0.2, 0.25) is 0 Å². The maximum atomic E-state index is 12.5. The maximum Gasteiger partial charge on any atom is 0.241 e. The van der Waals surface area contributed by atoms with Gasteiger partial charge < -0.3 is 15.4 Å². The van der Waals surface area contributed by atoms with E-state index in [0.717, 1.165) is 11.1 Å². The number of amides is 2. The van der Waals surface area contributed by atoms with E-state index < -0.39 is 22.5 Å². The molecule has 0 saturated carbocycles. The van der Waals surface area contributed by atoms with Crippen molar-refractivity contribution in [1.82, 2.24) is 4.72 Å². The average molecular weight is 405 g/mol. The molecule has 0 aliphatic heterocycles. The molecular formula is C19H23N3O5S. The van der Waals surface area contributed by atoms with E-state index in [1.807, 2.05) is 32.0 Å². The Kier molecular flexibility index (Phi) is 6.76. The largest absolute Gasteiger partial charge is 0.495 e. The highest BCUT2D eigenvalue weighted by atomic mass is 32.2. The second-order valence-corrected chi connectivity index (χ2v) is 7.95. The molecule has 150 valence electrons. The summed E-state index contributed by atoms with van der Waals surface area (Å²) in [6.45, 7) is 4.58. The summed E-state index contributed by atoms with van der Waals surface area (Å²) >= 11 is 0. The molecule has 2 amide bonds. The van der Waals surface area contributed by atoms with Crippen molar-refractivity contribution in [3.63, 3.8) is 0 Å². The van der Waals surface area contributed by atoms with Gasteiger partial charge in [-0.05, 0) is 43.2 Å². The summed E-state index contributed by atoms with van der Waals surface area (Å²) in [5, 5.41) is 5.23. The van der Waals surface area contributed by atoms with Crippen molar-refractivity contribution >= 4 is 33.2 Å². The second-order valence-electron chi connectivity index (χ2n) is 6.18. The number of hydrogen-bond donors (Lipinski definition) is 3. The van der Waals surface area contributed by atoms with E-state index in [2.05, 4.69) is 15.4 Å². The highest BCUT2D eigenvalue weighted by molar-refractivity contribution is 7.89. The number of nitrogens with one attached hydrogen (secondary N) is 3. The lowest BCUT2D eigenvalue weighted by Gasteiger charge is -2.13. The van der Waals surface area contributed by atoms with Gasteiger partial charge in [0.05, 0.1) is 24.2 Å². The zero-order valence-corrected chi connectivity index (χ0v) is 16.9. The lowest BCUT2D eigenvalue weighted by Crippen LogP contribution is -2.33. The number of rotatable bonds is 7. The molecule has 0 spiro atoms. The van der Waals surface area contributed by atoms with Crippen molar-refractivity contribution in [2.45, 2.75) is 25.7 Å². The predicted molar refractivity (Wildman–Crippen MR) is 107 cm³/mol.